The van der Waals surface area contributed by atoms with Crippen LogP contribution in [0.4, 0.5) is 0 Å². The van der Waals surface area contributed by atoms with E-state index in [4.69, 9.17) is 0 Å². The summed E-state index contributed by atoms with van der Waals surface area (Å²) >= 11 is 0. The Hall–Kier alpha value is -0.600. The van der Waals surface area contributed by atoms with Gasteiger partial charge in [-0.3, -0.25) is 0 Å². The van der Waals surface area contributed by atoms with Crippen molar-refractivity contribution in [3.8, 4) is 0 Å². The highest BCUT2D eigenvalue weighted by Gasteiger charge is 2.00. The Bertz CT molecular complexity index is 233. The second-order valence-corrected chi connectivity index (χ2v) is 2.83. The predicted molar refractivity (Wildman–Crippen MR) is 63.4 cm³/mol. The molecule has 0 aliphatic rings. The molecule has 1 N–H and O–H groups in total. The van der Waals surface area contributed by atoms with Crippen molar-refractivity contribution in [3.05, 3.63) is 48.6 Å². The first-order valence-electron chi connectivity index (χ1n) is 4.24. The van der Waals surface area contributed by atoms with E-state index in [-0.39, 0.29) is 17.0 Å². The van der Waals surface area contributed by atoms with E-state index < -0.39 is 0 Å². The topological polar surface area (TPSA) is 12.0 Å². The van der Waals surface area contributed by atoms with Crippen molar-refractivity contribution >= 4 is 17.0 Å². The zero-order valence-corrected chi connectivity index (χ0v) is 9.58. The number of hydrogen-bond donors (Lipinski definition) is 1. The van der Waals surface area contributed by atoms with E-state index in [9.17, 15) is 0 Å². The molecule has 0 aromatic heterocycles. The van der Waals surface area contributed by atoms with E-state index in [1.807, 2.05) is 12.1 Å². The molecule has 0 fully saturated rings. The number of nitrogens with one attached hydrogen (secondary N) is 1. The lowest BCUT2D eigenvalue weighted by Crippen LogP contribution is -2.17. The smallest absolute Gasteiger partial charge is 0.0294 e. The molecule has 0 aliphatic carbocycles. The fourth-order valence-corrected chi connectivity index (χ4v) is 1.12. The van der Waals surface area contributed by atoms with Crippen LogP contribution in [0.2, 0.25) is 0 Å². The number of benzene rings is 1. The highest BCUT2D eigenvalue weighted by atomic mass is 79.9. The summed E-state index contributed by atoms with van der Waals surface area (Å²) in [5, 5.41) is 3.33. The summed E-state index contributed by atoms with van der Waals surface area (Å²) in [5.74, 6) is 0. The Balaban J connectivity index is 0.00000144. The highest BCUT2D eigenvalue weighted by molar-refractivity contribution is 8.93. The molecule has 13 heavy (non-hydrogen) atoms. The van der Waals surface area contributed by atoms with Gasteiger partial charge in [0.05, 0.1) is 0 Å². The molecule has 0 saturated carbocycles. The lowest BCUT2D eigenvalue weighted by Gasteiger charge is -2.11. The van der Waals surface area contributed by atoms with Crippen LogP contribution in [0.25, 0.3) is 0 Å². The maximum Gasteiger partial charge on any atom is 0.0294 e. The molecule has 1 atom stereocenters. The van der Waals surface area contributed by atoms with Crippen molar-refractivity contribution in [2.45, 2.75) is 13.0 Å². The van der Waals surface area contributed by atoms with Crippen LogP contribution in [0, 0.1) is 0 Å². The number of rotatable bonds is 4. The zero-order valence-electron chi connectivity index (χ0n) is 7.86. The summed E-state index contributed by atoms with van der Waals surface area (Å²) in [7, 11) is 0. The molecule has 0 heterocycles. The van der Waals surface area contributed by atoms with Gasteiger partial charge in [0, 0.05) is 12.6 Å². The van der Waals surface area contributed by atoms with Gasteiger partial charge >= 0.3 is 0 Å². The summed E-state index contributed by atoms with van der Waals surface area (Å²) in [4.78, 5) is 0. The van der Waals surface area contributed by atoms with Gasteiger partial charge in [0.1, 0.15) is 0 Å². The van der Waals surface area contributed by atoms with Crippen molar-refractivity contribution in [3.63, 3.8) is 0 Å². The molecular formula is C11H16BrN. The van der Waals surface area contributed by atoms with Gasteiger partial charge in [-0.05, 0) is 12.5 Å². The fourth-order valence-electron chi connectivity index (χ4n) is 1.12. The Morgan fingerprint density at radius 3 is 2.54 bits per heavy atom. The van der Waals surface area contributed by atoms with Gasteiger partial charge in [-0.25, -0.2) is 0 Å². The van der Waals surface area contributed by atoms with Gasteiger partial charge in [0.15, 0.2) is 0 Å². The average molecular weight is 242 g/mol. The molecule has 0 bridgehead atoms. The van der Waals surface area contributed by atoms with E-state index in [0.29, 0.717) is 6.04 Å². The van der Waals surface area contributed by atoms with Crippen LogP contribution in [-0.4, -0.2) is 6.54 Å². The molecule has 2 heteroatoms. The van der Waals surface area contributed by atoms with Crippen LogP contribution in [0.15, 0.2) is 43.0 Å². The first-order valence-corrected chi connectivity index (χ1v) is 4.24. The minimum atomic E-state index is 0. The molecule has 0 amide bonds. The maximum absolute atomic E-state index is 3.66. The number of halogens is 1. The summed E-state index contributed by atoms with van der Waals surface area (Å²) in [6.07, 6.45) is 1.87. The summed E-state index contributed by atoms with van der Waals surface area (Å²) in [6, 6.07) is 10.8. The van der Waals surface area contributed by atoms with Crippen molar-refractivity contribution in [1.82, 2.24) is 5.32 Å². The third-order valence-electron chi connectivity index (χ3n) is 1.87. The van der Waals surface area contributed by atoms with Gasteiger partial charge in [-0.1, -0.05) is 36.4 Å². The Morgan fingerprint density at radius 1 is 1.38 bits per heavy atom. The molecule has 0 spiro atoms. The van der Waals surface area contributed by atoms with Crippen LogP contribution in [0.3, 0.4) is 0 Å². The summed E-state index contributed by atoms with van der Waals surface area (Å²) in [6.45, 7) is 6.67. The molecule has 1 unspecified atom stereocenters. The first-order chi connectivity index (χ1) is 5.84. The van der Waals surface area contributed by atoms with E-state index in [1.165, 1.54) is 5.56 Å². The summed E-state index contributed by atoms with van der Waals surface area (Å²) in [5.41, 5.74) is 1.32. The van der Waals surface area contributed by atoms with Crippen molar-refractivity contribution in [2.75, 3.05) is 6.54 Å². The van der Waals surface area contributed by atoms with Gasteiger partial charge in [0.2, 0.25) is 0 Å². The molecule has 0 aliphatic heterocycles. The normalized spacial score (nSPS) is 11.5. The first kappa shape index (κ1) is 12.4. The van der Waals surface area contributed by atoms with E-state index in [0.717, 1.165) is 6.54 Å². The van der Waals surface area contributed by atoms with Crippen molar-refractivity contribution < 1.29 is 0 Å². The Kier molecular flexibility index (Phi) is 6.55. The second kappa shape index (κ2) is 6.87. The fraction of sp³-hybridized carbons (Fsp3) is 0.273. The van der Waals surface area contributed by atoms with Gasteiger partial charge < -0.3 is 5.32 Å². The molecule has 0 saturated heterocycles. The van der Waals surface area contributed by atoms with Crippen LogP contribution in [0.5, 0.6) is 0 Å². The Labute approximate surface area is 90.6 Å². The predicted octanol–water partition coefficient (Wildman–Crippen LogP) is 3.10. The molecule has 72 valence electrons. The Morgan fingerprint density at radius 2 is 2.00 bits per heavy atom. The largest absolute Gasteiger partial charge is 0.307 e. The lowest BCUT2D eigenvalue weighted by atomic mass is 10.1. The highest BCUT2D eigenvalue weighted by Crippen LogP contribution is 2.10. The van der Waals surface area contributed by atoms with Crippen molar-refractivity contribution in [2.24, 2.45) is 0 Å². The van der Waals surface area contributed by atoms with E-state index >= 15 is 0 Å². The van der Waals surface area contributed by atoms with Crippen LogP contribution < -0.4 is 5.32 Å². The molecule has 1 nitrogen and oxygen atoms in total. The third-order valence-corrected chi connectivity index (χ3v) is 1.87. The van der Waals surface area contributed by atoms with Crippen molar-refractivity contribution in [1.29, 1.82) is 0 Å². The molecule has 1 rings (SSSR count). The molecular weight excluding hydrogens is 226 g/mol. The van der Waals surface area contributed by atoms with Crippen LogP contribution >= 0.6 is 17.0 Å². The standard InChI is InChI=1S/C11H15N.BrH/c1-3-9-12-10(2)11-7-5-4-6-8-11;/h3-8,10,12H,1,9H2,2H3;1H. The van der Waals surface area contributed by atoms with Gasteiger partial charge in [-0.15, -0.1) is 23.6 Å². The quantitative estimate of drug-likeness (QED) is 0.800. The zero-order chi connectivity index (χ0) is 8.81. The van der Waals surface area contributed by atoms with Crippen LogP contribution in [-0.2, 0) is 0 Å². The molecule has 1 aromatic rings. The van der Waals surface area contributed by atoms with E-state index in [2.05, 4.69) is 43.1 Å². The lowest BCUT2D eigenvalue weighted by molar-refractivity contribution is 0.618. The average Bonchev–Trinajstić information content (AvgIpc) is 2.15. The minimum Gasteiger partial charge on any atom is -0.307 e. The monoisotopic (exact) mass is 241 g/mol. The summed E-state index contributed by atoms with van der Waals surface area (Å²) < 4.78 is 0. The van der Waals surface area contributed by atoms with E-state index in [1.54, 1.807) is 0 Å². The molecule has 1 aromatic carbocycles. The second-order valence-electron chi connectivity index (χ2n) is 2.83. The van der Waals surface area contributed by atoms with Gasteiger partial charge in [-0.2, -0.15) is 0 Å². The van der Waals surface area contributed by atoms with Crippen LogP contribution in [0.1, 0.15) is 18.5 Å². The van der Waals surface area contributed by atoms with Gasteiger partial charge in [0.25, 0.3) is 0 Å². The third kappa shape index (κ3) is 4.25. The minimum absolute atomic E-state index is 0. The number of hydrogen-bond acceptors (Lipinski definition) is 1. The SMILES string of the molecule is Br.C=CCNC(C)c1ccccc1. The molecule has 0 radical (unpaired) electrons. The maximum atomic E-state index is 3.66.